The van der Waals surface area contributed by atoms with Crippen molar-refractivity contribution in [2.45, 2.75) is 19.3 Å². The predicted molar refractivity (Wildman–Crippen MR) is 67.2 cm³/mol. The molecule has 0 heterocycles. The van der Waals surface area contributed by atoms with E-state index >= 15 is 0 Å². The smallest absolute Gasteiger partial charge is 0.121 e. The maximum absolute atomic E-state index is 8.63. The number of unbranched alkanes of at least 4 members (excludes halogenated alkanes) is 2. The molecule has 0 bridgehead atoms. The summed E-state index contributed by atoms with van der Waals surface area (Å²) in [4.78, 5) is 2.05. The molecule has 0 fully saturated rings. The molecule has 0 unspecified atom stereocenters. The molecule has 0 aliphatic heterocycles. The van der Waals surface area contributed by atoms with E-state index in [4.69, 9.17) is 9.84 Å². The molecule has 0 saturated heterocycles. The third kappa shape index (κ3) is 4.53. The minimum atomic E-state index is 0.274. The summed E-state index contributed by atoms with van der Waals surface area (Å²) in [5.41, 5.74) is 1.15. The zero-order valence-corrected chi connectivity index (χ0v) is 10.1. The first-order valence-electron chi connectivity index (χ1n) is 5.75. The van der Waals surface area contributed by atoms with Gasteiger partial charge in [-0.2, -0.15) is 0 Å². The first-order chi connectivity index (χ1) is 7.74. The van der Waals surface area contributed by atoms with Crippen molar-refractivity contribution in [3.8, 4) is 5.75 Å². The Balaban J connectivity index is 2.33. The third-order valence-corrected chi connectivity index (χ3v) is 2.41. The van der Waals surface area contributed by atoms with Crippen LogP contribution in [-0.2, 0) is 0 Å². The van der Waals surface area contributed by atoms with Crippen molar-refractivity contribution in [3.05, 3.63) is 24.3 Å². The Kier molecular flexibility index (Phi) is 5.72. The standard InChI is InChI=1S/C13H21NO2/c1-14(2)12-7-6-8-13(11-12)16-10-5-3-4-9-15/h6-8,11,15H,3-5,9-10H2,1-2H3. The number of hydrogen-bond donors (Lipinski definition) is 1. The second-order valence-corrected chi connectivity index (χ2v) is 4.02. The Bertz CT molecular complexity index is 300. The third-order valence-electron chi connectivity index (χ3n) is 2.41. The van der Waals surface area contributed by atoms with Crippen molar-refractivity contribution in [1.29, 1.82) is 0 Å². The molecule has 0 aliphatic rings. The van der Waals surface area contributed by atoms with E-state index < -0.39 is 0 Å². The van der Waals surface area contributed by atoms with Crippen LogP contribution in [0.4, 0.5) is 5.69 Å². The molecule has 0 aliphatic carbocycles. The minimum Gasteiger partial charge on any atom is -0.494 e. The van der Waals surface area contributed by atoms with Gasteiger partial charge in [-0.05, 0) is 31.4 Å². The topological polar surface area (TPSA) is 32.7 Å². The summed E-state index contributed by atoms with van der Waals surface area (Å²) in [6.07, 6.45) is 2.87. The molecule has 3 heteroatoms. The first kappa shape index (κ1) is 12.8. The molecule has 0 atom stereocenters. The average Bonchev–Trinajstić information content (AvgIpc) is 2.29. The van der Waals surface area contributed by atoms with E-state index in [-0.39, 0.29) is 6.61 Å². The van der Waals surface area contributed by atoms with Crippen LogP contribution in [0.15, 0.2) is 24.3 Å². The van der Waals surface area contributed by atoms with Crippen LogP contribution < -0.4 is 9.64 Å². The number of hydrogen-bond acceptors (Lipinski definition) is 3. The molecule has 0 saturated carbocycles. The molecule has 0 aromatic heterocycles. The van der Waals surface area contributed by atoms with Crippen LogP contribution in [0, 0.1) is 0 Å². The number of rotatable bonds is 7. The molecule has 0 radical (unpaired) electrons. The van der Waals surface area contributed by atoms with Gasteiger partial charge in [0.25, 0.3) is 0 Å². The lowest BCUT2D eigenvalue weighted by molar-refractivity contribution is 0.266. The van der Waals surface area contributed by atoms with Gasteiger partial charge in [-0.1, -0.05) is 6.07 Å². The molecule has 90 valence electrons. The van der Waals surface area contributed by atoms with E-state index in [9.17, 15) is 0 Å². The van der Waals surface area contributed by atoms with Crippen LogP contribution in [0.2, 0.25) is 0 Å². The fourth-order valence-electron chi connectivity index (χ4n) is 1.43. The fraction of sp³-hybridized carbons (Fsp3) is 0.538. The lowest BCUT2D eigenvalue weighted by Crippen LogP contribution is -2.08. The van der Waals surface area contributed by atoms with E-state index in [2.05, 4.69) is 11.0 Å². The van der Waals surface area contributed by atoms with Gasteiger partial charge in [0.1, 0.15) is 5.75 Å². The fourth-order valence-corrected chi connectivity index (χ4v) is 1.43. The van der Waals surface area contributed by atoms with Crippen LogP contribution >= 0.6 is 0 Å². The van der Waals surface area contributed by atoms with Gasteiger partial charge in [0.15, 0.2) is 0 Å². The van der Waals surface area contributed by atoms with E-state index in [0.29, 0.717) is 0 Å². The largest absolute Gasteiger partial charge is 0.494 e. The van der Waals surface area contributed by atoms with Crippen LogP contribution in [0.5, 0.6) is 5.75 Å². The maximum atomic E-state index is 8.63. The second-order valence-electron chi connectivity index (χ2n) is 4.02. The quantitative estimate of drug-likeness (QED) is 0.720. The van der Waals surface area contributed by atoms with E-state index in [1.807, 2.05) is 32.3 Å². The van der Waals surface area contributed by atoms with Crippen LogP contribution in [-0.4, -0.2) is 32.4 Å². The Morgan fingerprint density at radius 3 is 2.69 bits per heavy atom. The van der Waals surface area contributed by atoms with Crippen molar-refractivity contribution in [2.24, 2.45) is 0 Å². The number of nitrogens with zero attached hydrogens (tertiary/aromatic N) is 1. The molecule has 1 rings (SSSR count). The highest BCUT2D eigenvalue weighted by Gasteiger charge is 1.98. The first-order valence-corrected chi connectivity index (χ1v) is 5.75. The minimum absolute atomic E-state index is 0.274. The SMILES string of the molecule is CN(C)c1cccc(OCCCCCO)c1. The van der Waals surface area contributed by atoms with Crippen molar-refractivity contribution in [2.75, 3.05) is 32.2 Å². The van der Waals surface area contributed by atoms with Crippen LogP contribution in [0.3, 0.4) is 0 Å². The van der Waals surface area contributed by atoms with Gasteiger partial charge < -0.3 is 14.7 Å². The Morgan fingerprint density at radius 2 is 2.00 bits per heavy atom. The second kappa shape index (κ2) is 7.12. The summed E-state index contributed by atoms with van der Waals surface area (Å²) >= 11 is 0. The molecule has 16 heavy (non-hydrogen) atoms. The lowest BCUT2D eigenvalue weighted by atomic mass is 10.2. The number of ether oxygens (including phenoxy) is 1. The number of aliphatic hydroxyl groups is 1. The van der Waals surface area contributed by atoms with Crippen molar-refractivity contribution < 1.29 is 9.84 Å². The number of benzene rings is 1. The van der Waals surface area contributed by atoms with Crippen molar-refractivity contribution >= 4 is 5.69 Å². The number of anilines is 1. The zero-order chi connectivity index (χ0) is 11.8. The molecule has 0 amide bonds. The predicted octanol–water partition coefficient (Wildman–Crippen LogP) is 2.29. The Labute approximate surface area is 97.7 Å². The van der Waals surface area contributed by atoms with Gasteiger partial charge in [-0.15, -0.1) is 0 Å². The molecular formula is C13H21NO2. The van der Waals surface area contributed by atoms with Gasteiger partial charge in [-0.3, -0.25) is 0 Å². The zero-order valence-electron chi connectivity index (χ0n) is 10.1. The summed E-state index contributed by atoms with van der Waals surface area (Å²) in [6.45, 7) is 0.993. The summed E-state index contributed by atoms with van der Waals surface area (Å²) in [6, 6.07) is 8.06. The highest BCUT2D eigenvalue weighted by Crippen LogP contribution is 2.19. The molecule has 1 aromatic rings. The van der Waals surface area contributed by atoms with Crippen molar-refractivity contribution in [1.82, 2.24) is 0 Å². The molecular weight excluding hydrogens is 202 g/mol. The number of aliphatic hydroxyl groups excluding tert-OH is 1. The molecule has 1 N–H and O–H groups in total. The monoisotopic (exact) mass is 223 g/mol. The van der Waals surface area contributed by atoms with Gasteiger partial charge in [0.2, 0.25) is 0 Å². The van der Waals surface area contributed by atoms with E-state index in [0.717, 1.165) is 37.3 Å². The van der Waals surface area contributed by atoms with Crippen LogP contribution in [0.1, 0.15) is 19.3 Å². The van der Waals surface area contributed by atoms with Crippen LogP contribution in [0.25, 0.3) is 0 Å². The van der Waals surface area contributed by atoms with E-state index in [1.165, 1.54) is 0 Å². The molecule has 3 nitrogen and oxygen atoms in total. The summed E-state index contributed by atoms with van der Waals surface area (Å²) < 4.78 is 5.64. The molecule has 1 aromatic carbocycles. The van der Waals surface area contributed by atoms with Gasteiger partial charge >= 0.3 is 0 Å². The van der Waals surface area contributed by atoms with Gasteiger partial charge in [-0.25, -0.2) is 0 Å². The van der Waals surface area contributed by atoms with E-state index in [1.54, 1.807) is 0 Å². The Hall–Kier alpha value is -1.22. The summed E-state index contributed by atoms with van der Waals surface area (Å²) in [5.74, 6) is 0.912. The molecule has 0 spiro atoms. The summed E-state index contributed by atoms with van der Waals surface area (Å²) in [7, 11) is 4.03. The lowest BCUT2D eigenvalue weighted by Gasteiger charge is -2.14. The van der Waals surface area contributed by atoms with Gasteiger partial charge in [0, 0.05) is 32.5 Å². The average molecular weight is 223 g/mol. The highest BCUT2D eigenvalue weighted by molar-refractivity contribution is 5.49. The van der Waals surface area contributed by atoms with Gasteiger partial charge in [0.05, 0.1) is 6.61 Å². The summed E-state index contributed by atoms with van der Waals surface area (Å²) in [5, 5.41) is 8.63. The Morgan fingerprint density at radius 1 is 1.19 bits per heavy atom. The maximum Gasteiger partial charge on any atom is 0.121 e. The van der Waals surface area contributed by atoms with Crippen molar-refractivity contribution in [3.63, 3.8) is 0 Å². The normalized spacial score (nSPS) is 10.2. The highest BCUT2D eigenvalue weighted by atomic mass is 16.5.